The highest BCUT2D eigenvalue weighted by Crippen LogP contribution is 2.16. The summed E-state index contributed by atoms with van der Waals surface area (Å²) >= 11 is 3.35. The van der Waals surface area contributed by atoms with Crippen molar-refractivity contribution < 1.29 is 4.74 Å². The molecule has 0 radical (unpaired) electrons. The molecule has 7 heteroatoms. The van der Waals surface area contributed by atoms with Gasteiger partial charge in [-0.3, -0.25) is 0 Å². The van der Waals surface area contributed by atoms with E-state index in [4.69, 9.17) is 4.74 Å². The number of aromatic nitrogens is 4. The van der Waals surface area contributed by atoms with Crippen molar-refractivity contribution in [2.75, 3.05) is 12.4 Å². The summed E-state index contributed by atoms with van der Waals surface area (Å²) in [6, 6.07) is 7.73. The number of nitrogens with zero attached hydrogens (tertiary/aromatic N) is 4. The summed E-state index contributed by atoms with van der Waals surface area (Å²) in [6.07, 6.45) is 0. The first kappa shape index (κ1) is 10.7. The van der Waals surface area contributed by atoms with E-state index in [0.29, 0.717) is 5.95 Å². The molecule has 0 saturated carbocycles. The first-order chi connectivity index (χ1) is 7.78. The smallest absolute Gasteiger partial charge is 0.354 e. The Bertz CT molecular complexity index is 458. The molecule has 0 saturated heterocycles. The van der Waals surface area contributed by atoms with Crippen molar-refractivity contribution in [3.05, 3.63) is 28.7 Å². The molecule has 82 valence electrons. The Morgan fingerprint density at radius 3 is 2.25 bits per heavy atom. The van der Waals surface area contributed by atoms with Crippen LogP contribution in [-0.4, -0.2) is 27.5 Å². The van der Waals surface area contributed by atoms with Crippen LogP contribution in [0.25, 0.3) is 0 Å². The van der Waals surface area contributed by atoms with E-state index >= 15 is 0 Å². The molecule has 0 aliphatic heterocycles. The lowest BCUT2D eigenvalue weighted by molar-refractivity contribution is 0.366. The molecule has 0 unspecified atom stereocenters. The second kappa shape index (κ2) is 4.84. The number of hydrogen-bond acceptors (Lipinski definition) is 6. The number of ether oxygens (including phenoxy) is 1. The van der Waals surface area contributed by atoms with Gasteiger partial charge in [0.2, 0.25) is 0 Å². The van der Waals surface area contributed by atoms with Gasteiger partial charge in [-0.1, -0.05) is 26.1 Å². The number of hydrogen-bond donors (Lipinski definition) is 1. The van der Waals surface area contributed by atoms with Crippen LogP contribution in [0.3, 0.4) is 0 Å². The third-order valence-corrected chi connectivity index (χ3v) is 2.27. The number of anilines is 2. The zero-order valence-electron chi connectivity index (χ0n) is 8.38. The maximum absolute atomic E-state index is 4.75. The van der Waals surface area contributed by atoms with Crippen LogP contribution in [0.4, 0.5) is 11.6 Å². The van der Waals surface area contributed by atoms with Crippen molar-refractivity contribution in [2.24, 2.45) is 0 Å². The van der Waals surface area contributed by atoms with Gasteiger partial charge in [-0.2, -0.15) is 0 Å². The van der Waals surface area contributed by atoms with Crippen LogP contribution in [0.2, 0.25) is 0 Å². The third-order valence-electron chi connectivity index (χ3n) is 1.74. The molecule has 0 fully saturated rings. The lowest BCUT2D eigenvalue weighted by Crippen LogP contribution is -2.03. The number of rotatable bonds is 3. The van der Waals surface area contributed by atoms with Gasteiger partial charge in [-0.05, 0) is 24.3 Å². The minimum absolute atomic E-state index is 0.140. The van der Waals surface area contributed by atoms with Crippen LogP contribution in [0.15, 0.2) is 28.7 Å². The lowest BCUT2D eigenvalue weighted by atomic mass is 10.3. The standard InChI is InChI=1S/C9H8BrN5O/c1-16-9-14-12-8(13-15-9)11-7-4-2-6(10)3-5-7/h2-5H,1H3,(H,11,12,13). The molecule has 2 rings (SSSR count). The van der Waals surface area contributed by atoms with E-state index < -0.39 is 0 Å². The first-order valence-electron chi connectivity index (χ1n) is 4.42. The van der Waals surface area contributed by atoms with Crippen LogP contribution < -0.4 is 10.1 Å². The van der Waals surface area contributed by atoms with Crippen molar-refractivity contribution in [1.29, 1.82) is 0 Å². The SMILES string of the molecule is COc1nnc(Nc2ccc(Br)cc2)nn1. The second-order valence-electron chi connectivity index (χ2n) is 2.84. The second-order valence-corrected chi connectivity index (χ2v) is 3.76. The van der Waals surface area contributed by atoms with E-state index in [9.17, 15) is 0 Å². The minimum atomic E-state index is 0.140. The quantitative estimate of drug-likeness (QED) is 0.925. The summed E-state index contributed by atoms with van der Waals surface area (Å²) in [5, 5.41) is 17.9. The molecule has 1 heterocycles. The van der Waals surface area contributed by atoms with Gasteiger partial charge in [0, 0.05) is 10.2 Å². The Kier molecular flexibility index (Phi) is 3.25. The largest absolute Gasteiger partial charge is 0.465 e. The summed E-state index contributed by atoms with van der Waals surface area (Å²) in [5.41, 5.74) is 0.858. The molecular formula is C9H8BrN5O. The van der Waals surface area contributed by atoms with Crippen molar-refractivity contribution in [3.8, 4) is 6.01 Å². The van der Waals surface area contributed by atoms with Crippen molar-refractivity contribution in [2.45, 2.75) is 0 Å². The van der Waals surface area contributed by atoms with Crippen molar-refractivity contribution in [1.82, 2.24) is 20.4 Å². The Labute approximate surface area is 100 Å². The molecule has 1 N–H and O–H groups in total. The van der Waals surface area contributed by atoms with Crippen LogP contribution in [0.5, 0.6) is 6.01 Å². The molecule has 2 aromatic rings. The van der Waals surface area contributed by atoms with Crippen LogP contribution in [-0.2, 0) is 0 Å². The molecule has 1 aromatic heterocycles. The molecule has 0 bridgehead atoms. The van der Waals surface area contributed by atoms with Gasteiger partial charge < -0.3 is 10.1 Å². The topological polar surface area (TPSA) is 72.8 Å². The number of nitrogens with one attached hydrogen (secondary N) is 1. The first-order valence-corrected chi connectivity index (χ1v) is 5.21. The van der Waals surface area contributed by atoms with E-state index in [1.165, 1.54) is 7.11 Å². The van der Waals surface area contributed by atoms with E-state index in [0.717, 1.165) is 10.2 Å². The molecule has 6 nitrogen and oxygen atoms in total. The average Bonchev–Trinajstić information content (AvgIpc) is 2.33. The molecule has 16 heavy (non-hydrogen) atoms. The summed E-state index contributed by atoms with van der Waals surface area (Å²) in [6.45, 7) is 0. The predicted octanol–water partition coefficient (Wildman–Crippen LogP) is 1.78. The maximum atomic E-state index is 4.75. The normalized spacial score (nSPS) is 9.88. The fourth-order valence-electron chi connectivity index (χ4n) is 1.01. The van der Waals surface area contributed by atoms with Crippen LogP contribution in [0, 0.1) is 0 Å². The Morgan fingerprint density at radius 2 is 1.69 bits per heavy atom. The van der Waals surface area contributed by atoms with Crippen molar-refractivity contribution in [3.63, 3.8) is 0 Å². The molecule has 0 aliphatic carbocycles. The van der Waals surface area contributed by atoms with Crippen LogP contribution >= 0.6 is 15.9 Å². The summed E-state index contributed by atoms with van der Waals surface area (Å²) in [4.78, 5) is 0. The average molecular weight is 282 g/mol. The van der Waals surface area contributed by atoms with Crippen molar-refractivity contribution >= 4 is 27.6 Å². The van der Waals surface area contributed by atoms with E-state index in [1.807, 2.05) is 24.3 Å². The highest BCUT2D eigenvalue weighted by Gasteiger charge is 2.00. The molecule has 0 aliphatic rings. The molecule has 1 aromatic carbocycles. The predicted molar refractivity (Wildman–Crippen MR) is 61.6 cm³/mol. The summed E-state index contributed by atoms with van der Waals surface area (Å²) in [7, 11) is 1.46. The zero-order valence-corrected chi connectivity index (χ0v) is 9.97. The summed E-state index contributed by atoms with van der Waals surface area (Å²) < 4.78 is 5.76. The number of methoxy groups -OCH3 is 1. The van der Waals surface area contributed by atoms with Gasteiger partial charge >= 0.3 is 6.01 Å². The zero-order chi connectivity index (χ0) is 11.4. The van der Waals surface area contributed by atoms with Gasteiger partial charge in [0.05, 0.1) is 7.11 Å². The van der Waals surface area contributed by atoms with E-state index in [-0.39, 0.29) is 6.01 Å². The highest BCUT2D eigenvalue weighted by molar-refractivity contribution is 9.10. The third kappa shape index (κ3) is 2.63. The molecular weight excluding hydrogens is 274 g/mol. The number of halogens is 1. The van der Waals surface area contributed by atoms with Gasteiger partial charge in [0.15, 0.2) is 0 Å². The van der Waals surface area contributed by atoms with Gasteiger partial charge in [0.1, 0.15) is 0 Å². The Hall–Kier alpha value is -1.76. The number of benzene rings is 1. The van der Waals surface area contributed by atoms with E-state index in [1.54, 1.807) is 0 Å². The maximum Gasteiger partial charge on any atom is 0.354 e. The minimum Gasteiger partial charge on any atom is -0.465 e. The van der Waals surface area contributed by atoms with Crippen LogP contribution in [0.1, 0.15) is 0 Å². The molecule has 0 amide bonds. The van der Waals surface area contributed by atoms with Gasteiger partial charge in [-0.25, -0.2) is 0 Å². The lowest BCUT2D eigenvalue weighted by Gasteiger charge is -2.03. The summed E-state index contributed by atoms with van der Waals surface area (Å²) in [5.74, 6) is 0.322. The van der Waals surface area contributed by atoms with Gasteiger partial charge in [-0.15, -0.1) is 10.2 Å². The van der Waals surface area contributed by atoms with Gasteiger partial charge in [0.25, 0.3) is 5.95 Å². The van der Waals surface area contributed by atoms with E-state index in [2.05, 4.69) is 41.6 Å². The highest BCUT2D eigenvalue weighted by atomic mass is 79.9. The fraction of sp³-hybridized carbons (Fsp3) is 0.111. The Morgan fingerprint density at radius 1 is 1.06 bits per heavy atom. The molecule has 0 atom stereocenters. The monoisotopic (exact) mass is 281 g/mol. The Balaban J connectivity index is 2.11. The fourth-order valence-corrected chi connectivity index (χ4v) is 1.28. The molecule has 0 spiro atoms.